The molecule has 0 saturated carbocycles. The van der Waals surface area contributed by atoms with E-state index >= 15 is 0 Å². The molecule has 6 heteroatoms. The Bertz CT molecular complexity index is 494. The molecule has 1 saturated heterocycles. The van der Waals surface area contributed by atoms with Crippen molar-refractivity contribution in [3.05, 3.63) is 35.6 Å². The number of thioether (sulfide) groups is 1. The van der Waals surface area contributed by atoms with Gasteiger partial charge in [0.2, 0.25) is 0 Å². The summed E-state index contributed by atoms with van der Waals surface area (Å²) in [5, 5.41) is 3.32. The van der Waals surface area contributed by atoms with E-state index in [1.165, 1.54) is 6.07 Å². The molecule has 3 nitrogen and oxygen atoms in total. The third kappa shape index (κ3) is 5.65. The van der Waals surface area contributed by atoms with Crippen LogP contribution in [0, 0.1) is 5.82 Å². The van der Waals surface area contributed by atoms with Gasteiger partial charge in [-0.3, -0.25) is 4.99 Å². The largest absolute Gasteiger partial charge is 0.352 e. The first-order valence-corrected chi connectivity index (χ1v) is 7.83. The number of halogens is 2. The van der Waals surface area contributed by atoms with Crippen LogP contribution in [0.5, 0.6) is 0 Å². The van der Waals surface area contributed by atoms with E-state index in [2.05, 4.69) is 29.1 Å². The van der Waals surface area contributed by atoms with E-state index in [0.29, 0.717) is 6.54 Å². The van der Waals surface area contributed by atoms with E-state index in [1.807, 2.05) is 17.8 Å². The summed E-state index contributed by atoms with van der Waals surface area (Å²) in [5.74, 6) is 1.80. The summed E-state index contributed by atoms with van der Waals surface area (Å²) in [6.07, 6.45) is 0. The van der Waals surface area contributed by atoms with Gasteiger partial charge in [0.15, 0.2) is 5.96 Å². The fraction of sp³-hybridized carbons (Fsp3) is 0.533. The molecule has 1 aliphatic rings. The third-order valence-electron chi connectivity index (χ3n) is 3.28. The van der Waals surface area contributed by atoms with Gasteiger partial charge in [0, 0.05) is 37.2 Å². The number of benzene rings is 1. The molecule has 0 bridgehead atoms. The van der Waals surface area contributed by atoms with Crippen LogP contribution in [-0.2, 0) is 6.54 Å². The molecule has 1 fully saturated rings. The second-order valence-electron chi connectivity index (χ2n) is 5.56. The van der Waals surface area contributed by atoms with Crippen molar-refractivity contribution in [2.24, 2.45) is 4.99 Å². The summed E-state index contributed by atoms with van der Waals surface area (Å²) in [6, 6.07) is 6.66. The van der Waals surface area contributed by atoms with E-state index in [-0.39, 0.29) is 34.5 Å². The average molecular weight is 423 g/mol. The topological polar surface area (TPSA) is 27.6 Å². The minimum atomic E-state index is -0.199. The van der Waals surface area contributed by atoms with Crippen LogP contribution in [0.25, 0.3) is 0 Å². The summed E-state index contributed by atoms with van der Waals surface area (Å²) in [5.41, 5.74) is 0.928. The lowest BCUT2D eigenvalue weighted by Crippen LogP contribution is -2.50. The highest BCUT2D eigenvalue weighted by Gasteiger charge is 2.28. The highest BCUT2D eigenvalue weighted by Crippen LogP contribution is 2.29. The van der Waals surface area contributed by atoms with Crippen molar-refractivity contribution in [3.8, 4) is 0 Å². The molecule has 0 amide bonds. The lowest BCUT2D eigenvalue weighted by atomic mass is 10.2. The predicted molar refractivity (Wildman–Crippen MR) is 100 cm³/mol. The van der Waals surface area contributed by atoms with Crippen LogP contribution in [-0.4, -0.2) is 41.5 Å². The van der Waals surface area contributed by atoms with Crippen LogP contribution >= 0.6 is 35.7 Å². The van der Waals surface area contributed by atoms with Gasteiger partial charge in [0.1, 0.15) is 5.82 Å². The Morgan fingerprint density at radius 3 is 2.86 bits per heavy atom. The molecule has 1 N–H and O–H groups in total. The Morgan fingerprint density at radius 1 is 1.48 bits per heavy atom. The SMILES string of the molecule is CN=C(NCc1cccc(F)c1)N1CCSC(C)(C)C1.I. The number of nitrogens with zero attached hydrogens (tertiary/aromatic N) is 2. The van der Waals surface area contributed by atoms with Gasteiger partial charge < -0.3 is 10.2 Å². The van der Waals surface area contributed by atoms with Gasteiger partial charge in [-0.2, -0.15) is 11.8 Å². The Hall–Kier alpha value is -0.500. The predicted octanol–water partition coefficient (Wildman–Crippen LogP) is 3.35. The molecule has 0 aliphatic carbocycles. The first-order valence-electron chi connectivity index (χ1n) is 6.84. The van der Waals surface area contributed by atoms with Crippen molar-refractivity contribution < 1.29 is 4.39 Å². The number of rotatable bonds is 2. The first kappa shape index (κ1) is 18.5. The number of hydrogen-bond donors (Lipinski definition) is 1. The van der Waals surface area contributed by atoms with Gasteiger partial charge in [-0.1, -0.05) is 12.1 Å². The highest BCUT2D eigenvalue weighted by atomic mass is 127. The number of nitrogens with one attached hydrogen (secondary N) is 1. The van der Waals surface area contributed by atoms with E-state index < -0.39 is 0 Å². The van der Waals surface area contributed by atoms with Gasteiger partial charge in [0.05, 0.1) is 0 Å². The van der Waals surface area contributed by atoms with E-state index in [1.54, 1.807) is 19.2 Å². The zero-order valence-corrected chi connectivity index (χ0v) is 15.9. The van der Waals surface area contributed by atoms with E-state index in [4.69, 9.17) is 0 Å². The van der Waals surface area contributed by atoms with Crippen LogP contribution in [0.15, 0.2) is 29.3 Å². The molecule has 0 radical (unpaired) electrons. The van der Waals surface area contributed by atoms with Crippen LogP contribution in [0.1, 0.15) is 19.4 Å². The molecule has 118 valence electrons. The normalized spacial score (nSPS) is 18.1. The maximum Gasteiger partial charge on any atom is 0.193 e. The van der Waals surface area contributed by atoms with Crippen molar-refractivity contribution in [1.82, 2.24) is 10.2 Å². The van der Waals surface area contributed by atoms with Crippen LogP contribution in [0.2, 0.25) is 0 Å². The summed E-state index contributed by atoms with van der Waals surface area (Å²) < 4.78 is 13.4. The van der Waals surface area contributed by atoms with E-state index in [9.17, 15) is 4.39 Å². The lowest BCUT2D eigenvalue weighted by Gasteiger charge is -2.39. The molecular weight excluding hydrogens is 400 g/mol. The molecule has 0 unspecified atom stereocenters. The zero-order chi connectivity index (χ0) is 14.6. The smallest absolute Gasteiger partial charge is 0.193 e. The van der Waals surface area contributed by atoms with Crippen LogP contribution in [0.3, 0.4) is 0 Å². The van der Waals surface area contributed by atoms with Crippen molar-refractivity contribution in [2.45, 2.75) is 25.1 Å². The monoisotopic (exact) mass is 423 g/mol. The molecule has 0 spiro atoms. The molecule has 0 atom stereocenters. The maximum atomic E-state index is 13.2. The first-order chi connectivity index (χ1) is 9.50. The van der Waals surface area contributed by atoms with Crippen molar-refractivity contribution >= 4 is 41.7 Å². The Labute approximate surface area is 147 Å². The van der Waals surface area contributed by atoms with Gasteiger partial charge in [-0.25, -0.2) is 4.39 Å². The minimum absolute atomic E-state index is 0. The Kier molecular flexibility index (Phi) is 7.26. The summed E-state index contributed by atoms with van der Waals surface area (Å²) in [4.78, 5) is 6.62. The third-order valence-corrected chi connectivity index (χ3v) is 4.57. The molecule has 0 aromatic heterocycles. The fourth-order valence-corrected chi connectivity index (χ4v) is 3.47. The van der Waals surface area contributed by atoms with Crippen LogP contribution < -0.4 is 5.32 Å². The number of guanidine groups is 1. The minimum Gasteiger partial charge on any atom is -0.352 e. The quantitative estimate of drug-likeness (QED) is 0.449. The van der Waals surface area contributed by atoms with Gasteiger partial charge >= 0.3 is 0 Å². The summed E-state index contributed by atoms with van der Waals surface area (Å²) in [6.45, 7) is 7.07. The average Bonchev–Trinajstić information content (AvgIpc) is 2.38. The molecule has 2 rings (SSSR count). The van der Waals surface area contributed by atoms with Crippen molar-refractivity contribution in [1.29, 1.82) is 0 Å². The second-order valence-corrected chi connectivity index (χ2v) is 7.36. The highest BCUT2D eigenvalue weighted by molar-refractivity contribution is 14.0. The summed E-state index contributed by atoms with van der Waals surface area (Å²) in [7, 11) is 1.79. The molecule has 1 aliphatic heterocycles. The summed E-state index contributed by atoms with van der Waals surface area (Å²) >= 11 is 1.99. The number of aliphatic imine (C=N–C) groups is 1. The van der Waals surface area contributed by atoms with Gasteiger partial charge in [0.25, 0.3) is 0 Å². The van der Waals surface area contributed by atoms with Gasteiger partial charge in [-0.15, -0.1) is 24.0 Å². The fourth-order valence-electron chi connectivity index (χ4n) is 2.36. The standard InChI is InChI=1S/C15H22FN3S.HI/c1-15(2)11-19(7-8-20-15)14(17-3)18-10-12-5-4-6-13(16)9-12;/h4-6,9H,7-8,10-11H2,1-3H3,(H,17,18);1H. The Morgan fingerprint density at radius 2 is 2.24 bits per heavy atom. The molecule has 21 heavy (non-hydrogen) atoms. The lowest BCUT2D eigenvalue weighted by molar-refractivity contribution is 0.375. The van der Waals surface area contributed by atoms with Crippen molar-refractivity contribution in [3.63, 3.8) is 0 Å². The van der Waals surface area contributed by atoms with Crippen LogP contribution in [0.4, 0.5) is 4.39 Å². The zero-order valence-electron chi connectivity index (χ0n) is 12.7. The second kappa shape index (κ2) is 8.22. The molecule has 1 aromatic carbocycles. The number of hydrogen-bond acceptors (Lipinski definition) is 2. The van der Waals surface area contributed by atoms with Crippen molar-refractivity contribution in [2.75, 3.05) is 25.9 Å². The molecule has 1 heterocycles. The molecule has 1 aromatic rings. The Balaban J connectivity index is 0.00000220. The molecular formula is C15H23FIN3S. The van der Waals surface area contributed by atoms with Gasteiger partial charge in [-0.05, 0) is 31.5 Å². The van der Waals surface area contributed by atoms with E-state index in [0.717, 1.165) is 30.4 Å². The maximum absolute atomic E-state index is 13.2.